The fourth-order valence-corrected chi connectivity index (χ4v) is 3.41. The van der Waals surface area contributed by atoms with Crippen LogP contribution >= 0.6 is 34.5 Å². The molecule has 0 fully saturated rings. The number of ether oxygens (including phenoxy) is 2. The van der Waals surface area contributed by atoms with Crippen LogP contribution in [0.5, 0.6) is 11.5 Å². The van der Waals surface area contributed by atoms with Crippen LogP contribution in [0, 0.1) is 0 Å². The van der Waals surface area contributed by atoms with Gasteiger partial charge >= 0.3 is 0 Å². The van der Waals surface area contributed by atoms with Gasteiger partial charge in [-0.25, -0.2) is 4.98 Å². The molecule has 1 N–H and O–H groups in total. The summed E-state index contributed by atoms with van der Waals surface area (Å²) in [5.74, 6) is 1.42. The highest BCUT2D eigenvalue weighted by atomic mass is 35.5. The first kappa shape index (κ1) is 18.5. The summed E-state index contributed by atoms with van der Waals surface area (Å²) in [4.78, 5) is 4.49. The summed E-state index contributed by atoms with van der Waals surface area (Å²) in [6.07, 6.45) is 1.65. The molecular weight excluding hydrogens is 393 g/mol. The Labute approximate surface area is 165 Å². The summed E-state index contributed by atoms with van der Waals surface area (Å²) >= 11 is 13.6. The third-order valence-corrected chi connectivity index (χ3v) is 4.81. The normalized spacial score (nSPS) is 10.9. The second-order valence-corrected chi connectivity index (χ2v) is 6.84. The molecule has 5 nitrogen and oxygen atoms in total. The smallest absolute Gasteiger partial charge is 0.203 e. The molecule has 2 aromatic carbocycles. The lowest BCUT2D eigenvalue weighted by molar-refractivity contribution is 0.402. The van der Waals surface area contributed by atoms with Crippen molar-refractivity contribution in [2.24, 2.45) is 5.10 Å². The van der Waals surface area contributed by atoms with Gasteiger partial charge in [0.15, 0.2) is 0 Å². The topological polar surface area (TPSA) is 55.7 Å². The van der Waals surface area contributed by atoms with Crippen molar-refractivity contribution in [3.63, 3.8) is 0 Å². The number of hydrazone groups is 1. The highest BCUT2D eigenvalue weighted by Crippen LogP contribution is 2.32. The Morgan fingerprint density at radius 3 is 2.69 bits per heavy atom. The zero-order chi connectivity index (χ0) is 18.5. The molecule has 0 spiro atoms. The van der Waals surface area contributed by atoms with E-state index in [1.54, 1.807) is 32.6 Å². The number of benzene rings is 2. The number of hydrogen-bond donors (Lipinski definition) is 1. The quantitative estimate of drug-likeness (QED) is 0.427. The Kier molecular flexibility index (Phi) is 5.98. The Morgan fingerprint density at radius 1 is 1.12 bits per heavy atom. The van der Waals surface area contributed by atoms with Crippen molar-refractivity contribution in [2.45, 2.75) is 0 Å². The molecule has 3 rings (SSSR count). The van der Waals surface area contributed by atoms with E-state index < -0.39 is 0 Å². The molecule has 0 saturated carbocycles. The maximum Gasteiger partial charge on any atom is 0.203 e. The van der Waals surface area contributed by atoms with Gasteiger partial charge in [0.25, 0.3) is 0 Å². The lowest BCUT2D eigenvalue weighted by Gasteiger charge is -2.06. The fraction of sp³-hybridized carbons (Fsp3) is 0.111. The molecule has 8 heteroatoms. The number of rotatable bonds is 6. The van der Waals surface area contributed by atoms with Gasteiger partial charge in [-0.3, -0.25) is 5.43 Å². The van der Waals surface area contributed by atoms with Crippen LogP contribution in [0.15, 0.2) is 46.9 Å². The van der Waals surface area contributed by atoms with E-state index in [2.05, 4.69) is 15.5 Å². The number of anilines is 1. The molecular formula is C18H15Cl2N3O2S. The minimum atomic E-state index is 0.555. The minimum Gasteiger partial charge on any atom is -0.497 e. The van der Waals surface area contributed by atoms with Crippen molar-refractivity contribution in [2.75, 3.05) is 19.6 Å². The van der Waals surface area contributed by atoms with Crippen molar-refractivity contribution in [1.29, 1.82) is 0 Å². The van der Waals surface area contributed by atoms with E-state index in [0.717, 1.165) is 22.6 Å². The number of halogens is 2. The predicted octanol–water partition coefficient (Wildman–Crippen LogP) is 5.58. The highest BCUT2D eigenvalue weighted by Gasteiger charge is 2.09. The van der Waals surface area contributed by atoms with Crippen molar-refractivity contribution in [3.05, 3.63) is 57.4 Å². The monoisotopic (exact) mass is 407 g/mol. The zero-order valence-corrected chi connectivity index (χ0v) is 16.3. The van der Waals surface area contributed by atoms with Crippen LogP contribution in [0.2, 0.25) is 10.0 Å². The molecule has 0 aliphatic carbocycles. The molecule has 26 heavy (non-hydrogen) atoms. The number of thiazole rings is 1. The number of hydrogen-bond acceptors (Lipinski definition) is 6. The summed E-state index contributed by atoms with van der Waals surface area (Å²) in [5, 5.41) is 7.91. The van der Waals surface area contributed by atoms with Gasteiger partial charge in [-0.15, -0.1) is 11.3 Å². The van der Waals surface area contributed by atoms with Gasteiger partial charge in [-0.2, -0.15) is 5.10 Å². The van der Waals surface area contributed by atoms with Crippen LogP contribution in [-0.2, 0) is 0 Å². The molecule has 0 aliphatic rings. The molecule has 134 valence electrons. The van der Waals surface area contributed by atoms with Gasteiger partial charge in [-0.05, 0) is 36.4 Å². The van der Waals surface area contributed by atoms with E-state index >= 15 is 0 Å². The standard InChI is InChI=1S/C18H15Cl2N3O2S/c1-24-13-4-6-17(25-2)11(7-13)9-21-23-18-22-16(10-26-18)14-5-3-12(19)8-15(14)20/h3-10H,1-2H3,(H,22,23). The third-order valence-electron chi connectivity index (χ3n) is 3.51. The van der Waals surface area contributed by atoms with Crippen molar-refractivity contribution < 1.29 is 9.47 Å². The largest absolute Gasteiger partial charge is 0.497 e. The van der Waals surface area contributed by atoms with E-state index in [-0.39, 0.29) is 0 Å². The molecule has 0 saturated heterocycles. The second kappa shape index (κ2) is 8.40. The number of nitrogens with zero attached hydrogens (tertiary/aromatic N) is 2. The van der Waals surface area contributed by atoms with E-state index in [1.807, 2.05) is 29.6 Å². The first-order valence-electron chi connectivity index (χ1n) is 7.52. The van der Waals surface area contributed by atoms with Crippen LogP contribution in [0.4, 0.5) is 5.13 Å². The van der Waals surface area contributed by atoms with E-state index in [0.29, 0.717) is 20.9 Å². The van der Waals surface area contributed by atoms with E-state index in [1.165, 1.54) is 11.3 Å². The van der Waals surface area contributed by atoms with E-state index in [9.17, 15) is 0 Å². The van der Waals surface area contributed by atoms with Crippen LogP contribution in [0.3, 0.4) is 0 Å². The average Bonchev–Trinajstić information content (AvgIpc) is 3.10. The number of methoxy groups -OCH3 is 2. The summed E-state index contributed by atoms with van der Waals surface area (Å²) in [6, 6.07) is 10.8. The Hall–Kier alpha value is -2.28. The van der Waals surface area contributed by atoms with E-state index in [4.69, 9.17) is 32.7 Å². The number of aromatic nitrogens is 1. The fourth-order valence-electron chi connectivity index (χ4n) is 2.24. The van der Waals surface area contributed by atoms with Gasteiger partial charge in [0.05, 0.1) is 31.2 Å². The summed E-state index contributed by atoms with van der Waals surface area (Å²) in [5.41, 5.74) is 5.28. The molecule has 1 heterocycles. The third kappa shape index (κ3) is 4.27. The molecule has 0 aliphatic heterocycles. The first-order valence-corrected chi connectivity index (χ1v) is 9.16. The first-order chi connectivity index (χ1) is 12.6. The number of nitrogens with one attached hydrogen (secondary N) is 1. The van der Waals surface area contributed by atoms with Crippen molar-refractivity contribution in [1.82, 2.24) is 4.98 Å². The Morgan fingerprint density at radius 2 is 1.96 bits per heavy atom. The maximum absolute atomic E-state index is 6.22. The SMILES string of the molecule is COc1ccc(OC)c(C=NNc2nc(-c3ccc(Cl)cc3Cl)cs2)c1. The molecule has 1 aromatic heterocycles. The molecule has 0 bridgehead atoms. The Bertz CT molecular complexity index is 944. The minimum absolute atomic E-state index is 0.555. The van der Waals surface area contributed by atoms with Gasteiger partial charge in [0.1, 0.15) is 11.5 Å². The van der Waals surface area contributed by atoms with Crippen LogP contribution < -0.4 is 14.9 Å². The summed E-state index contributed by atoms with van der Waals surface area (Å²) < 4.78 is 10.5. The van der Waals surface area contributed by atoms with Gasteiger partial charge in [-0.1, -0.05) is 23.2 Å². The second-order valence-electron chi connectivity index (χ2n) is 5.14. The highest BCUT2D eigenvalue weighted by molar-refractivity contribution is 7.14. The van der Waals surface area contributed by atoms with Crippen LogP contribution in [-0.4, -0.2) is 25.4 Å². The summed E-state index contributed by atoms with van der Waals surface area (Å²) in [6.45, 7) is 0. The average molecular weight is 408 g/mol. The van der Waals surface area contributed by atoms with Crippen LogP contribution in [0.25, 0.3) is 11.3 Å². The van der Waals surface area contributed by atoms with Gasteiger partial charge in [0, 0.05) is 21.5 Å². The Balaban J connectivity index is 1.75. The maximum atomic E-state index is 6.22. The molecule has 3 aromatic rings. The molecule has 0 radical (unpaired) electrons. The molecule has 0 unspecified atom stereocenters. The lowest BCUT2D eigenvalue weighted by Crippen LogP contribution is -1.95. The lowest BCUT2D eigenvalue weighted by atomic mass is 10.2. The molecule has 0 atom stereocenters. The van der Waals surface area contributed by atoms with Crippen molar-refractivity contribution >= 4 is 45.9 Å². The van der Waals surface area contributed by atoms with Gasteiger partial charge in [0.2, 0.25) is 5.13 Å². The zero-order valence-electron chi connectivity index (χ0n) is 14.0. The predicted molar refractivity (Wildman–Crippen MR) is 108 cm³/mol. The van der Waals surface area contributed by atoms with Crippen LogP contribution in [0.1, 0.15) is 5.56 Å². The van der Waals surface area contributed by atoms with Gasteiger partial charge < -0.3 is 9.47 Å². The molecule has 0 amide bonds. The van der Waals surface area contributed by atoms with Crippen molar-refractivity contribution in [3.8, 4) is 22.8 Å². The summed E-state index contributed by atoms with van der Waals surface area (Å²) in [7, 11) is 3.22.